The van der Waals surface area contributed by atoms with E-state index in [0.717, 1.165) is 60.9 Å². The lowest BCUT2D eigenvalue weighted by Gasteiger charge is -2.31. The number of aromatic nitrogens is 2. The minimum Gasteiger partial charge on any atom is -0.335 e. The van der Waals surface area contributed by atoms with Gasteiger partial charge in [-0.05, 0) is 62.1 Å². The van der Waals surface area contributed by atoms with Crippen molar-refractivity contribution in [2.45, 2.75) is 63.5 Å². The molecule has 2 amide bonds. The quantitative estimate of drug-likeness (QED) is 0.553. The predicted molar refractivity (Wildman–Crippen MR) is 122 cm³/mol. The van der Waals surface area contributed by atoms with Crippen molar-refractivity contribution in [3.63, 3.8) is 0 Å². The molecule has 2 aliphatic carbocycles. The summed E-state index contributed by atoms with van der Waals surface area (Å²) in [7, 11) is 0. The third-order valence-electron chi connectivity index (χ3n) is 6.44. The number of carbonyl (C=O) groups excluding carboxylic acids is 1. The minimum atomic E-state index is 0.00895. The van der Waals surface area contributed by atoms with Crippen molar-refractivity contribution in [3.8, 4) is 5.69 Å². The van der Waals surface area contributed by atoms with Gasteiger partial charge in [-0.25, -0.2) is 9.48 Å². The zero-order valence-corrected chi connectivity index (χ0v) is 17.8. The smallest absolute Gasteiger partial charge is 0.323 e. The number of amides is 2. The Balaban J connectivity index is 1.63. The number of fused-ring (bicyclic) bond motifs is 1. The Morgan fingerprint density at radius 3 is 2.37 bits per heavy atom. The summed E-state index contributed by atoms with van der Waals surface area (Å²) < 4.78 is 1.91. The van der Waals surface area contributed by atoms with Gasteiger partial charge in [-0.3, -0.25) is 4.90 Å². The Morgan fingerprint density at radius 1 is 0.967 bits per heavy atom. The SMILES string of the molecule is O=C(NC1CCCC1)N(c1c2ccccc2nn1-c1ccc(Cl)cc1)C1CCCC1. The molecule has 2 fully saturated rings. The van der Waals surface area contributed by atoms with E-state index in [2.05, 4.69) is 11.4 Å². The Morgan fingerprint density at radius 2 is 1.63 bits per heavy atom. The van der Waals surface area contributed by atoms with Gasteiger partial charge in [0.1, 0.15) is 5.82 Å². The first-order valence-corrected chi connectivity index (χ1v) is 11.4. The van der Waals surface area contributed by atoms with Crippen molar-refractivity contribution in [3.05, 3.63) is 53.6 Å². The molecular formula is C24H27ClN4O. The summed E-state index contributed by atoms with van der Waals surface area (Å²) in [5.41, 5.74) is 1.79. The van der Waals surface area contributed by atoms with Gasteiger partial charge in [0, 0.05) is 22.5 Å². The molecule has 0 spiro atoms. The first kappa shape index (κ1) is 19.4. The van der Waals surface area contributed by atoms with Crippen molar-refractivity contribution >= 4 is 34.4 Å². The van der Waals surface area contributed by atoms with Gasteiger partial charge in [-0.15, -0.1) is 0 Å². The van der Waals surface area contributed by atoms with Crippen molar-refractivity contribution in [1.29, 1.82) is 0 Å². The van der Waals surface area contributed by atoms with Crippen LogP contribution in [-0.4, -0.2) is 27.9 Å². The normalized spacial score (nSPS) is 17.6. The van der Waals surface area contributed by atoms with Crippen molar-refractivity contribution in [1.82, 2.24) is 15.1 Å². The summed E-state index contributed by atoms with van der Waals surface area (Å²) in [5.74, 6) is 0.857. The lowest BCUT2D eigenvalue weighted by molar-refractivity contribution is 0.240. The van der Waals surface area contributed by atoms with E-state index in [0.29, 0.717) is 5.02 Å². The molecule has 0 saturated heterocycles. The zero-order valence-electron chi connectivity index (χ0n) is 17.1. The Bertz CT molecular complexity index is 1030. The maximum Gasteiger partial charge on any atom is 0.323 e. The Hall–Kier alpha value is -2.53. The number of halogens is 1. The average Bonchev–Trinajstić information content (AvgIpc) is 3.51. The van der Waals surface area contributed by atoms with Gasteiger partial charge in [-0.2, -0.15) is 5.10 Å². The number of carbonyl (C=O) groups is 1. The zero-order chi connectivity index (χ0) is 20.5. The molecule has 156 valence electrons. The van der Waals surface area contributed by atoms with E-state index in [1.807, 2.05) is 52.0 Å². The number of hydrogen-bond donors (Lipinski definition) is 1. The van der Waals surface area contributed by atoms with Gasteiger partial charge < -0.3 is 5.32 Å². The van der Waals surface area contributed by atoms with Crippen LogP contribution in [0, 0.1) is 0 Å². The van der Waals surface area contributed by atoms with E-state index < -0.39 is 0 Å². The van der Waals surface area contributed by atoms with E-state index in [1.165, 1.54) is 12.8 Å². The molecule has 0 atom stereocenters. The molecule has 1 heterocycles. The van der Waals surface area contributed by atoms with Crippen molar-refractivity contribution in [2.75, 3.05) is 4.90 Å². The number of urea groups is 1. The summed E-state index contributed by atoms with van der Waals surface area (Å²) in [4.78, 5) is 15.6. The molecule has 0 radical (unpaired) electrons. The fourth-order valence-corrected chi connectivity index (χ4v) is 5.05. The monoisotopic (exact) mass is 422 g/mol. The number of benzene rings is 2. The first-order chi connectivity index (χ1) is 14.7. The largest absolute Gasteiger partial charge is 0.335 e. The minimum absolute atomic E-state index is 0.00895. The van der Waals surface area contributed by atoms with Crippen LogP contribution in [0.5, 0.6) is 0 Å². The molecule has 2 aromatic carbocycles. The second-order valence-electron chi connectivity index (χ2n) is 8.47. The van der Waals surface area contributed by atoms with E-state index in [9.17, 15) is 4.79 Å². The molecule has 1 N–H and O–H groups in total. The van der Waals surface area contributed by atoms with Gasteiger partial charge >= 0.3 is 6.03 Å². The first-order valence-electron chi connectivity index (χ1n) is 11.0. The fraction of sp³-hybridized carbons (Fsp3) is 0.417. The Labute approximate surface area is 182 Å². The third-order valence-corrected chi connectivity index (χ3v) is 6.70. The molecule has 5 nitrogen and oxygen atoms in total. The van der Waals surface area contributed by atoms with Gasteiger partial charge in [0.15, 0.2) is 0 Å². The summed E-state index contributed by atoms with van der Waals surface area (Å²) in [6.07, 6.45) is 8.90. The van der Waals surface area contributed by atoms with Crippen molar-refractivity contribution in [2.24, 2.45) is 0 Å². The molecule has 3 aromatic rings. The standard InChI is InChI=1S/C24H27ClN4O/c25-17-13-15-20(16-14-17)29-23(21-11-5-6-12-22(21)27-29)28(19-9-3-4-10-19)24(30)26-18-7-1-2-8-18/h5-6,11-16,18-19H,1-4,7-10H2,(H,26,30). The van der Waals surface area contributed by atoms with Gasteiger partial charge in [0.2, 0.25) is 0 Å². The summed E-state index contributed by atoms with van der Waals surface area (Å²) >= 11 is 6.13. The highest BCUT2D eigenvalue weighted by Gasteiger charge is 2.33. The average molecular weight is 423 g/mol. The molecular weight excluding hydrogens is 396 g/mol. The fourth-order valence-electron chi connectivity index (χ4n) is 4.92. The van der Waals surface area contributed by atoms with Crippen LogP contribution in [0.1, 0.15) is 51.4 Å². The van der Waals surface area contributed by atoms with Crippen LogP contribution in [0.3, 0.4) is 0 Å². The van der Waals surface area contributed by atoms with E-state index in [-0.39, 0.29) is 18.1 Å². The second-order valence-corrected chi connectivity index (χ2v) is 8.90. The highest BCUT2D eigenvalue weighted by atomic mass is 35.5. The second kappa shape index (κ2) is 8.31. The molecule has 5 rings (SSSR count). The van der Waals surface area contributed by atoms with E-state index in [1.54, 1.807) is 0 Å². The predicted octanol–water partition coefficient (Wildman–Crippen LogP) is 6.08. The third kappa shape index (κ3) is 3.67. The topological polar surface area (TPSA) is 50.2 Å². The van der Waals surface area contributed by atoms with Crippen molar-refractivity contribution < 1.29 is 4.79 Å². The molecule has 2 saturated carbocycles. The molecule has 30 heavy (non-hydrogen) atoms. The number of anilines is 1. The van der Waals surface area contributed by atoms with E-state index >= 15 is 0 Å². The Kier molecular flexibility index (Phi) is 5.38. The highest BCUT2D eigenvalue weighted by molar-refractivity contribution is 6.30. The molecule has 0 unspecified atom stereocenters. The number of hydrogen-bond acceptors (Lipinski definition) is 2. The summed E-state index contributed by atoms with van der Waals surface area (Å²) in [6.45, 7) is 0. The lowest BCUT2D eigenvalue weighted by atomic mass is 10.1. The number of nitrogens with zero attached hydrogens (tertiary/aromatic N) is 3. The van der Waals surface area contributed by atoms with Crippen LogP contribution in [0.25, 0.3) is 16.6 Å². The molecule has 0 bridgehead atoms. The molecule has 1 aromatic heterocycles. The number of nitrogens with one attached hydrogen (secondary N) is 1. The van der Waals surface area contributed by atoms with Gasteiger partial charge in [0.05, 0.1) is 11.2 Å². The summed E-state index contributed by atoms with van der Waals surface area (Å²) in [5, 5.41) is 9.88. The van der Waals surface area contributed by atoms with Crippen LogP contribution in [0.4, 0.5) is 10.6 Å². The molecule has 2 aliphatic rings. The molecule has 0 aliphatic heterocycles. The molecule has 6 heteroatoms. The van der Waals surface area contributed by atoms with Gasteiger partial charge in [0.25, 0.3) is 0 Å². The highest BCUT2D eigenvalue weighted by Crippen LogP contribution is 2.35. The van der Waals surface area contributed by atoms with Crippen LogP contribution in [0.15, 0.2) is 48.5 Å². The number of rotatable bonds is 4. The van der Waals surface area contributed by atoms with Crippen LogP contribution in [-0.2, 0) is 0 Å². The van der Waals surface area contributed by atoms with Crippen LogP contribution in [0.2, 0.25) is 5.02 Å². The lowest BCUT2D eigenvalue weighted by Crippen LogP contribution is -2.49. The van der Waals surface area contributed by atoms with E-state index in [4.69, 9.17) is 16.7 Å². The van der Waals surface area contributed by atoms with Crippen LogP contribution >= 0.6 is 11.6 Å². The van der Waals surface area contributed by atoms with Crippen LogP contribution < -0.4 is 10.2 Å². The summed E-state index contributed by atoms with van der Waals surface area (Å²) in [6, 6.07) is 16.2. The van der Waals surface area contributed by atoms with Gasteiger partial charge in [-0.1, -0.05) is 49.4 Å². The maximum atomic E-state index is 13.6. The maximum absolute atomic E-state index is 13.6.